The maximum absolute atomic E-state index is 14.2. The van der Waals surface area contributed by atoms with Gasteiger partial charge in [-0.2, -0.15) is 0 Å². The third kappa shape index (κ3) is 5.18. The van der Waals surface area contributed by atoms with Crippen LogP contribution in [0.15, 0.2) is 103 Å². The van der Waals surface area contributed by atoms with Gasteiger partial charge < -0.3 is 5.32 Å². The lowest BCUT2D eigenvalue weighted by Crippen LogP contribution is -2.45. The standard InChI is InChI=1S/C31H29N5O2/c1-22-12-6-8-16-25(22)30(31(38)32-20-24-14-4-3-5-15-24)36(27-18-10-7-13-23(27)2)29(37)21-35-28-19-11-9-17-26(28)33-34-35/h3-19,30H,20-21H2,1-2H3,(H,32,38). The summed E-state index contributed by atoms with van der Waals surface area (Å²) < 4.78 is 1.58. The molecule has 0 saturated carbocycles. The Balaban J connectivity index is 1.58. The minimum absolute atomic E-state index is 0.0663. The zero-order chi connectivity index (χ0) is 26.5. The zero-order valence-corrected chi connectivity index (χ0v) is 21.4. The van der Waals surface area contributed by atoms with E-state index >= 15 is 0 Å². The van der Waals surface area contributed by atoms with E-state index in [2.05, 4.69) is 15.6 Å². The third-order valence-corrected chi connectivity index (χ3v) is 6.65. The molecule has 0 aliphatic rings. The molecule has 1 atom stereocenters. The van der Waals surface area contributed by atoms with Gasteiger partial charge in [-0.05, 0) is 54.3 Å². The summed E-state index contributed by atoms with van der Waals surface area (Å²) in [6.07, 6.45) is 0. The molecule has 38 heavy (non-hydrogen) atoms. The van der Waals surface area contributed by atoms with E-state index in [-0.39, 0.29) is 18.4 Å². The van der Waals surface area contributed by atoms with Crippen LogP contribution in [0, 0.1) is 13.8 Å². The van der Waals surface area contributed by atoms with E-state index < -0.39 is 6.04 Å². The van der Waals surface area contributed by atoms with Crippen LogP contribution in [0.2, 0.25) is 0 Å². The van der Waals surface area contributed by atoms with Crippen LogP contribution in [0.4, 0.5) is 5.69 Å². The molecule has 4 aromatic carbocycles. The molecule has 7 nitrogen and oxygen atoms in total. The maximum atomic E-state index is 14.2. The van der Waals surface area contributed by atoms with Crippen LogP contribution < -0.4 is 10.2 Å². The average Bonchev–Trinajstić information content (AvgIpc) is 3.34. The second kappa shape index (κ2) is 11.1. The normalized spacial score (nSPS) is 11.7. The molecular weight excluding hydrogens is 474 g/mol. The number of hydrogen-bond donors (Lipinski definition) is 1. The fourth-order valence-corrected chi connectivity index (χ4v) is 4.66. The molecule has 5 rings (SSSR count). The van der Waals surface area contributed by atoms with Gasteiger partial charge in [0.1, 0.15) is 18.1 Å². The number of carbonyl (C=O) groups is 2. The lowest BCUT2D eigenvalue weighted by molar-refractivity contribution is -0.127. The van der Waals surface area contributed by atoms with Crippen LogP contribution in [0.25, 0.3) is 11.0 Å². The van der Waals surface area contributed by atoms with Crippen LogP contribution in [-0.4, -0.2) is 26.8 Å². The maximum Gasteiger partial charge on any atom is 0.249 e. The molecular formula is C31H29N5O2. The molecule has 0 bridgehead atoms. The van der Waals surface area contributed by atoms with Crippen molar-refractivity contribution in [3.05, 3.63) is 125 Å². The van der Waals surface area contributed by atoms with Crippen LogP contribution in [0.5, 0.6) is 0 Å². The predicted molar refractivity (Wildman–Crippen MR) is 148 cm³/mol. The number of hydrogen-bond acceptors (Lipinski definition) is 4. The largest absolute Gasteiger partial charge is 0.350 e. The predicted octanol–water partition coefficient (Wildman–Crippen LogP) is 5.14. The van der Waals surface area contributed by atoms with E-state index in [9.17, 15) is 9.59 Å². The Kier molecular flexibility index (Phi) is 7.26. The topological polar surface area (TPSA) is 80.1 Å². The quantitative estimate of drug-likeness (QED) is 0.318. The molecule has 190 valence electrons. The fourth-order valence-electron chi connectivity index (χ4n) is 4.66. The zero-order valence-electron chi connectivity index (χ0n) is 21.4. The van der Waals surface area contributed by atoms with E-state index in [1.54, 1.807) is 9.58 Å². The number of aryl methyl sites for hydroxylation is 2. The Morgan fingerprint density at radius 1 is 0.816 bits per heavy atom. The SMILES string of the molecule is Cc1ccccc1C(C(=O)NCc1ccccc1)N(C(=O)Cn1nnc2ccccc21)c1ccccc1C. The summed E-state index contributed by atoms with van der Waals surface area (Å²) in [7, 11) is 0. The molecule has 7 heteroatoms. The summed E-state index contributed by atoms with van der Waals surface area (Å²) in [5.41, 5.74) is 5.68. The van der Waals surface area contributed by atoms with Gasteiger partial charge in [0.25, 0.3) is 0 Å². The second-order valence-electron chi connectivity index (χ2n) is 9.25. The molecule has 5 aromatic rings. The Morgan fingerprint density at radius 3 is 2.24 bits per heavy atom. The molecule has 0 saturated heterocycles. The van der Waals surface area contributed by atoms with Gasteiger partial charge in [0.2, 0.25) is 11.8 Å². The molecule has 1 unspecified atom stereocenters. The van der Waals surface area contributed by atoms with Crippen LogP contribution in [0.3, 0.4) is 0 Å². The van der Waals surface area contributed by atoms with Crippen molar-refractivity contribution in [1.29, 1.82) is 0 Å². The van der Waals surface area contributed by atoms with Gasteiger partial charge >= 0.3 is 0 Å². The van der Waals surface area contributed by atoms with Crippen molar-refractivity contribution in [3.8, 4) is 0 Å². The highest BCUT2D eigenvalue weighted by Crippen LogP contribution is 2.32. The van der Waals surface area contributed by atoms with Gasteiger partial charge in [-0.1, -0.05) is 90.1 Å². The fraction of sp³-hybridized carbons (Fsp3) is 0.161. The molecule has 1 heterocycles. The minimum Gasteiger partial charge on any atom is -0.350 e. The molecule has 1 N–H and O–H groups in total. The summed E-state index contributed by atoms with van der Waals surface area (Å²) >= 11 is 0. The third-order valence-electron chi connectivity index (χ3n) is 6.65. The summed E-state index contributed by atoms with van der Waals surface area (Å²) in [5.74, 6) is -0.527. The van der Waals surface area contributed by atoms with Gasteiger partial charge in [0, 0.05) is 12.2 Å². The molecule has 0 fully saturated rings. The van der Waals surface area contributed by atoms with Crippen molar-refractivity contribution in [2.24, 2.45) is 0 Å². The molecule has 0 radical (unpaired) electrons. The summed E-state index contributed by atoms with van der Waals surface area (Å²) in [6.45, 7) is 4.18. The summed E-state index contributed by atoms with van der Waals surface area (Å²) in [6, 6.07) is 31.7. The number of aromatic nitrogens is 3. The van der Waals surface area contributed by atoms with Crippen molar-refractivity contribution in [3.63, 3.8) is 0 Å². The highest BCUT2D eigenvalue weighted by molar-refractivity contribution is 6.02. The lowest BCUT2D eigenvalue weighted by Gasteiger charge is -2.33. The van der Waals surface area contributed by atoms with Crippen LogP contribution >= 0.6 is 0 Å². The number of rotatable bonds is 8. The Hall–Kier alpha value is -4.78. The minimum atomic E-state index is -0.886. The van der Waals surface area contributed by atoms with Crippen LogP contribution in [-0.2, 0) is 22.7 Å². The Bertz CT molecular complexity index is 1580. The van der Waals surface area contributed by atoms with Crippen LogP contribution in [0.1, 0.15) is 28.3 Å². The number of para-hydroxylation sites is 2. The van der Waals surface area contributed by atoms with Gasteiger partial charge in [-0.25, -0.2) is 4.68 Å². The van der Waals surface area contributed by atoms with E-state index in [0.29, 0.717) is 17.7 Å². The number of anilines is 1. The molecule has 1 aromatic heterocycles. The molecule has 2 amide bonds. The summed E-state index contributed by atoms with van der Waals surface area (Å²) in [5, 5.41) is 11.5. The lowest BCUT2D eigenvalue weighted by atomic mass is 9.97. The number of carbonyl (C=O) groups excluding carboxylic acids is 2. The number of benzene rings is 4. The van der Waals surface area contributed by atoms with Crippen molar-refractivity contribution in [2.45, 2.75) is 33.0 Å². The van der Waals surface area contributed by atoms with Crippen molar-refractivity contribution in [2.75, 3.05) is 4.90 Å². The van der Waals surface area contributed by atoms with E-state index in [1.807, 2.05) is 117 Å². The molecule has 0 aliphatic heterocycles. The first-order chi connectivity index (χ1) is 18.5. The van der Waals surface area contributed by atoms with Gasteiger partial charge in [0.15, 0.2) is 0 Å². The smallest absolute Gasteiger partial charge is 0.249 e. The number of nitrogens with one attached hydrogen (secondary N) is 1. The van der Waals surface area contributed by atoms with Gasteiger partial charge in [-0.3, -0.25) is 14.5 Å². The van der Waals surface area contributed by atoms with Crippen molar-refractivity contribution >= 4 is 28.5 Å². The first-order valence-electron chi connectivity index (χ1n) is 12.6. The van der Waals surface area contributed by atoms with Crippen molar-refractivity contribution < 1.29 is 9.59 Å². The average molecular weight is 504 g/mol. The summed E-state index contributed by atoms with van der Waals surface area (Å²) in [4.78, 5) is 29.7. The Morgan fingerprint density at radius 2 is 1.47 bits per heavy atom. The second-order valence-corrected chi connectivity index (χ2v) is 9.25. The van der Waals surface area contributed by atoms with Gasteiger partial charge in [0.05, 0.1) is 5.52 Å². The van der Waals surface area contributed by atoms with Gasteiger partial charge in [-0.15, -0.1) is 5.10 Å². The van der Waals surface area contributed by atoms with E-state index in [4.69, 9.17) is 0 Å². The highest BCUT2D eigenvalue weighted by atomic mass is 16.2. The highest BCUT2D eigenvalue weighted by Gasteiger charge is 2.34. The van der Waals surface area contributed by atoms with E-state index in [0.717, 1.165) is 27.8 Å². The van der Waals surface area contributed by atoms with E-state index in [1.165, 1.54) is 0 Å². The Labute approximate surface area is 221 Å². The monoisotopic (exact) mass is 503 g/mol. The van der Waals surface area contributed by atoms with Crippen molar-refractivity contribution in [1.82, 2.24) is 20.3 Å². The first-order valence-corrected chi connectivity index (χ1v) is 12.6. The number of fused-ring (bicyclic) bond motifs is 1. The first kappa shape index (κ1) is 24.9. The molecule has 0 spiro atoms. The molecule has 0 aliphatic carbocycles. The number of nitrogens with zero attached hydrogens (tertiary/aromatic N) is 4. The number of amides is 2.